The Bertz CT molecular complexity index is 392. The Morgan fingerprint density at radius 3 is 2.94 bits per heavy atom. The van der Waals surface area contributed by atoms with Crippen molar-refractivity contribution in [2.45, 2.75) is 37.6 Å². The number of ether oxygens (including phenoxy) is 1. The zero-order chi connectivity index (χ0) is 11.7. The van der Waals surface area contributed by atoms with Gasteiger partial charge < -0.3 is 10.1 Å². The minimum Gasteiger partial charge on any atom is -0.497 e. The summed E-state index contributed by atoms with van der Waals surface area (Å²) in [4.78, 5) is 0. The highest BCUT2D eigenvalue weighted by molar-refractivity contribution is 5.30. The van der Waals surface area contributed by atoms with Gasteiger partial charge in [-0.2, -0.15) is 0 Å². The third-order valence-electron chi connectivity index (χ3n) is 4.29. The van der Waals surface area contributed by atoms with E-state index < -0.39 is 0 Å². The Labute approximate surface area is 103 Å². The second-order valence-electron chi connectivity index (χ2n) is 5.49. The summed E-state index contributed by atoms with van der Waals surface area (Å²) in [6.07, 6.45) is 6.66. The van der Waals surface area contributed by atoms with Gasteiger partial charge in [-0.25, -0.2) is 0 Å². The van der Waals surface area contributed by atoms with Crippen LogP contribution >= 0.6 is 0 Å². The van der Waals surface area contributed by atoms with Gasteiger partial charge >= 0.3 is 0 Å². The molecule has 0 bridgehead atoms. The number of nitrogens with one attached hydrogen (secondary N) is 1. The molecule has 1 saturated carbocycles. The fraction of sp³-hybridized carbons (Fsp3) is 0.600. The average molecular weight is 231 g/mol. The van der Waals surface area contributed by atoms with Crippen LogP contribution in [-0.4, -0.2) is 19.2 Å². The quantitative estimate of drug-likeness (QED) is 0.860. The van der Waals surface area contributed by atoms with E-state index in [-0.39, 0.29) is 0 Å². The molecule has 2 heteroatoms. The van der Waals surface area contributed by atoms with Crippen LogP contribution in [0, 0.1) is 5.92 Å². The molecule has 1 aromatic rings. The topological polar surface area (TPSA) is 21.3 Å². The second kappa shape index (κ2) is 4.34. The van der Waals surface area contributed by atoms with E-state index in [4.69, 9.17) is 4.74 Å². The van der Waals surface area contributed by atoms with Gasteiger partial charge in [-0.15, -0.1) is 0 Å². The standard InChI is InChI=1S/C15H21NO/c1-17-14-5-2-4-12(10-14)11-15(13-6-7-13)8-3-9-16-15/h2,4-5,10,13,16H,3,6-9,11H2,1H3. The summed E-state index contributed by atoms with van der Waals surface area (Å²) in [6, 6.07) is 8.54. The first kappa shape index (κ1) is 11.1. The molecule has 1 aliphatic carbocycles. The van der Waals surface area contributed by atoms with Crippen molar-refractivity contribution < 1.29 is 4.74 Å². The van der Waals surface area contributed by atoms with E-state index in [9.17, 15) is 0 Å². The lowest BCUT2D eigenvalue weighted by Gasteiger charge is -2.30. The predicted molar refractivity (Wildman–Crippen MR) is 69.4 cm³/mol. The van der Waals surface area contributed by atoms with Gasteiger partial charge in [0.25, 0.3) is 0 Å². The van der Waals surface area contributed by atoms with Crippen molar-refractivity contribution in [2.75, 3.05) is 13.7 Å². The smallest absolute Gasteiger partial charge is 0.119 e. The summed E-state index contributed by atoms with van der Waals surface area (Å²) < 4.78 is 5.31. The van der Waals surface area contributed by atoms with Gasteiger partial charge in [-0.1, -0.05) is 12.1 Å². The number of methoxy groups -OCH3 is 1. The predicted octanol–water partition coefficient (Wildman–Crippen LogP) is 2.77. The van der Waals surface area contributed by atoms with Crippen LogP contribution in [0.4, 0.5) is 0 Å². The van der Waals surface area contributed by atoms with Crippen LogP contribution < -0.4 is 10.1 Å². The first-order valence-electron chi connectivity index (χ1n) is 6.70. The maximum Gasteiger partial charge on any atom is 0.119 e. The van der Waals surface area contributed by atoms with Gasteiger partial charge in [0, 0.05) is 5.54 Å². The third-order valence-corrected chi connectivity index (χ3v) is 4.29. The summed E-state index contributed by atoms with van der Waals surface area (Å²) in [5.74, 6) is 1.89. The molecule has 2 aliphatic rings. The minimum absolute atomic E-state index is 0.395. The molecule has 1 aromatic carbocycles. The molecule has 1 saturated heterocycles. The lowest BCUT2D eigenvalue weighted by molar-refractivity contribution is 0.322. The summed E-state index contributed by atoms with van der Waals surface area (Å²) in [7, 11) is 1.74. The maximum absolute atomic E-state index is 5.31. The summed E-state index contributed by atoms with van der Waals surface area (Å²) in [5, 5.41) is 3.78. The molecule has 1 unspecified atom stereocenters. The van der Waals surface area contributed by atoms with Crippen LogP contribution in [0.2, 0.25) is 0 Å². The molecular formula is C15H21NO. The molecule has 2 nitrogen and oxygen atoms in total. The Morgan fingerprint density at radius 1 is 1.41 bits per heavy atom. The Hall–Kier alpha value is -1.02. The van der Waals surface area contributed by atoms with E-state index in [0.29, 0.717) is 5.54 Å². The molecule has 0 radical (unpaired) electrons. The molecule has 0 amide bonds. The van der Waals surface area contributed by atoms with E-state index >= 15 is 0 Å². The molecule has 1 aliphatic heterocycles. The molecule has 1 atom stereocenters. The lowest BCUT2D eigenvalue weighted by atomic mass is 9.84. The monoisotopic (exact) mass is 231 g/mol. The van der Waals surface area contributed by atoms with Crippen molar-refractivity contribution in [1.82, 2.24) is 5.32 Å². The van der Waals surface area contributed by atoms with Gasteiger partial charge in [-0.3, -0.25) is 0 Å². The van der Waals surface area contributed by atoms with Crippen molar-refractivity contribution in [2.24, 2.45) is 5.92 Å². The molecule has 0 spiro atoms. The van der Waals surface area contributed by atoms with Crippen LogP contribution in [0.1, 0.15) is 31.2 Å². The highest BCUT2D eigenvalue weighted by Gasteiger charge is 2.46. The minimum atomic E-state index is 0.395. The van der Waals surface area contributed by atoms with Crippen LogP contribution in [0.25, 0.3) is 0 Å². The van der Waals surface area contributed by atoms with E-state index in [1.54, 1.807) is 7.11 Å². The van der Waals surface area contributed by atoms with E-state index in [1.807, 2.05) is 6.07 Å². The van der Waals surface area contributed by atoms with Crippen molar-refractivity contribution in [3.8, 4) is 5.75 Å². The van der Waals surface area contributed by atoms with Crippen LogP contribution in [0.15, 0.2) is 24.3 Å². The molecule has 2 fully saturated rings. The van der Waals surface area contributed by atoms with E-state index in [2.05, 4.69) is 23.5 Å². The van der Waals surface area contributed by atoms with E-state index in [0.717, 1.165) is 18.1 Å². The first-order chi connectivity index (χ1) is 8.32. The first-order valence-corrected chi connectivity index (χ1v) is 6.70. The molecule has 1 N–H and O–H groups in total. The maximum atomic E-state index is 5.31. The second-order valence-corrected chi connectivity index (χ2v) is 5.49. The number of hydrogen-bond acceptors (Lipinski definition) is 2. The SMILES string of the molecule is COc1cccc(CC2(C3CC3)CCCN2)c1. The normalized spacial score (nSPS) is 28.3. The molecule has 92 valence electrons. The fourth-order valence-corrected chi connectivity index (χ4v) is 3.26. The van der Waals surface area contributed by atoms with Crippen LogP contribution in [-0.2, 0) is 6.42 Å². The Balaban J connectivity index is 1.79. The Morgan fingerprint density at radius 2 is 2.29 bits per heavy atom. The molecule has 1 heterocycles. The van der Waals surface area contributed by atoms with Crippen LogP contribution in [0.5, 0.6) is 5.75 Å². The molecule has 17 heavy (non-hydrogen) atoms. The molecule has 0 aromatic heterocycles. The van der Waals surface area contributed by atoms with Gasteiger partial charge in [0.05, 0.1) is 7.11 Å². The van der Waals surface area contributed by atoms with Crippen molar-refractivity contribution in [3.05, 3.63) is 29.8 Å². The average Bonchev–Trinajstić information content (AvgIpc) is 3.12. The zero-order valence-corrected chi connectivity index (χ0v) is 10.5. The van der Waals surface area contributed by atoms with Crippen LogP contribution in [0.3, 0.4) is 0 Å². The zero-order valence-electron chi connectivity index (χ0n) is 10.5. The fourth-order valence-electron chi connectivity index (χ4n) is 3.26. The van der Waals surface area contributed by atoms with Gasteiger partial charge in [-0.05, 0) is 62.3 Å². The third kappa shape index (κ3) is 2.19. The summed E-state index contributed by atoms with van der Waals surface area (Å²) >= 11 is 0. The molecule has 3 rings (SSSR count). The van der Waals surface area contributed by atoms with Gasteiger partial charge in [0.15, 0.2) is 0 Å². The summed E-state index contributed by atoms with van der Waals surface area (Å²) in [6.45, 7) is 1.19. The number of rotatable bonds is 4. The number of benzene rings is 1. The van der Waals surface area contributed by atoms with Gasteiger partial charge in [0.2, 0.25) is 0 Å². The Kier molecular flexibility index (Phi) is 2.83. The van der Waals surface area contributed by atoms with Gasteiger partial charge in [0.1, 0.15) is 5.75 Å². The van der Waals surface area contributed by atoms with Crippen molar-refractivity contribution >= 4 is 0 Å². The highest BCUT2D eigenvalue weighted by atomic mass is 16.5. The van der Waals surface area contributed by atoms with E-state index in [1.165, 1.54) is 37.8 Å². The summed E-state index contributed by atoms with van der Waals surface area (Å²) in [5.41, 5.74) is 1.80. The van der Waals surface area contributed by atoms with Crippen molar-refractivity contribution in [1.29, 1.82) is 0 Å². The lowest BCUT2D eigenvalue weighted by Crippen LogP contribution is -2.44. The van der Waals surface area contributed by atoms with Crippen molar-refractivity contribution in [3.63, 3.8) is 0 Å². The largest absolute Gasteiger partial charge is 0.497 e. The molecular weight excluding hydrogens is 210 g/mol. The number of hydrogen-bond donors (Lipinski definition) is 1. The highest BCUT2D eigenvalue weighted by Crippen LogP contribution is 2.45.